The summed E-state index contributed by atoms with van der Waals surface area (Å²) in [5.74, 6) is -7.18. The Morgan fingerprint density at radius 1 is 1.17 bits per heavy atom. The molecule has 0 saturated carbocycles. The van der Waals surface area contributed by atoms with Crippen molar-refractivity contribution in [2.24, 2.45) is 0 Å². The Morgan fingerprint density at radius 3 is 2.52 bits per heavy atom. The zero-order valence-electron chi connectivity index (χ0n) is 12.5. The molecule has 122 valence electrons. The van der Waals surface area contributed by atoms with Crippen molar-refractivity contribution in [1.82, 2.24) is 5.32 Å². The summed E-state index contributed by atoms with van der Waals surface area (Å²) in [6.45, 7) is 0.0692. The van der Waals surface area contributed by atoms with Gasteiger partial charge in [-0.05, 0) is 23.8 Å². The molecule has 2 aromatic rings. The lowest BCUT2D eigenvalue weighted by atomic mass is 10.1. The number of nitrogens with zero attached hydrogens (tertiary/aromatic N) is 1. The van der Waals surface area contributed by atoms with Crippen LogP contribution in [0.4, 0.5) is 18.9 Å². The second-order valence-electron chi connectivity index (χ2n) is 5.13. The first-order valence-electron chi connectivity index (χ1n) is 6.72. The number of benzene rings is 2. The maximum Gasteiger partial charge on any atom is 0.254 e. The molecular formula is C16H15F3N2O2. The third-order valence-electron chi connectivity index (χ3n) is 3.26. The van der Waals surface area contributed by atoms with Crippen LogP contribution in [0.2, 0.25) is 0 Å². The number of nitrogens with one attached hydrogen (secondary N) is 1. The molecule has 7 heteroatoms. The number of carbonyl (C=O) groups is 1. The molecule has 0 spiro atoms. The van der Waals surface area contributed by atoms with Crippen LogP contribution in [-0.4, -0.2) is 25.1 Å². The molecule has 0 aliphatic rings. The molecule has 0 aliphatic heterocycles. The highest BCUT2D eigenvalue weighted by Crippen LogP contribution is 2.25. The predicted molar refractivity (Wildman–Crippen MR) is 79.9 cm³/mol. The number of aromatic hydroxyl groups is 1. The van der Waals surface area contributed by atoms with E-state index in [0.717, 1.165) is 11.3 Å². The lowest BCUT2D eigenvalue weighted by molar-refractivity contribution is 0.0945. The van der Waals surface area contributed by atoms with E-state index in [1.54, 1.807) is 12.1 Å². The van der Waals surface area contributed by atoms with E-state index in [-0.39, 0.29) is 6.54 Å². The van der Waals surface area contributed by atoms with Gasteiger partial charge in [0.2, 0.25) is 5.82 Å². The van der Waals surface area contributed by atoms with Gasteiger partial charge in [0, 0.05) is 26.3 Å². The second kappa shape index (κ2) is 6.60. The van der Waals surface area contributed by atoms with E-state index in [2.05, 4.69) is 5.32 Å². The first-order valence-corrected chi connectivity index (χ1v) is 6.72. The molecule has 2 rings (SSSR count). The molecule has 2 N–H and O–H groups in total. The minimum atomic E-state index is -1.72. The highest BCUT2D eigenvalue weighted by atomic mass is 19.2. The first kappa shape index (κ1) is 16.7. The molecule has 2 aromatic carbocycles. The highest BCUT2D eigenvalue weighted by molar-refractivity contribution is 5.94. The largest absolute Gasteiger partial charge is 0.503 e. The fourth-order valence-corrected chi connectivity index (χ4v) is 1.98. The lowest BCUT2D eigenvalue weighted by Crippen LogP contribution is -2.24. The molecule has 4 nitrogen and oxygen atoms in total. The number of hydrogen-bond acceptors (Lipinski definition) is 3. The quantitative estimate of drug-likeness (QED) is 0.851. The lowest BCUT2D eigenvalue weighted by Gasteiger charge is -2.14. The maximum atomic E-state index is 13.7. The van der Waals surface area contributed by atoms with Crippen molar-refractivity contribution in [3.8, 4) is 5.75 Å². The predicted octanol–water partition coefficient (Wildman–Crippen LogP) is 2.81. The van der Waals surface area contributed by atoms with E-state index in [0.29, 0.717) is 6.07 Å². The average molecular weight is 324 g/mol. The maximum absolute atomic E-state index is 13.7. The third kappa shape index (κ3) is 3.56. The summed E-state index contributed by atoms with van der Waals surface area (Å²) in [4.78, 5) is 13.8. The Balaban J connectivity index is 2.16. The average Bonchev–Trinajstić information content (AvgIpc) is 2.54. The van der Waals surface area contributed by atoms with E-state index in [9.17, 15) is 18.0 Å². The fraction of sp³-hybridized carbons (Fsp3) is 0.188. The minimum Gasteiger partial charge on any atom is -0.503 e. The molecule has 0 fully saturated rings. The Labute approximate surface area is 131 Å². The normalized spacial score (nSPS) is 10.5. The molecule has 0 unspecified atom stereocenters. The van der Waals surface area contributed by atoms with Crippen LogP contribution in [0.25, 0.3) is 0 Å². The van der Waals surface area contributed by atoms with Crippen molar-refractivity contribution >= 4 is 11.6 Å². The summed E-state index contributed by atoms with van der Waals surface area (Å²) in [5.41, 5.74) is 0.898. The standard InChI is InChI=1S/C16H15F3N2O2/c1-21(2)10-5-3-4-9(6-10)8-20-16(23)11-7-12(17)14(19)15(22)13(11)18/h3-7,22H,8H2,1-2H3,(H,20,23). The van der Waals surface area contributed by atoms with Crippen LogP contribution in [0.15, 0.2) is 30.3 Å². The summed E-state index contributed by atoms with van der Waals surface area (Å²) in [7, 11) is 3.72. The van der Waals surface area contributed by atoms with Crippen LogP contribution in [-0.2, 0) is 6.54 Å². The summed E-state index contributed by atoms with van der Waals surface area (Å²) in [6.07, 6.45) is 0. The smallest absolute Gasteiger partial charge is 0.254 e. The van der Waals surface area contributed by atoms with E-state index in [4.69, 9.17) is 5.11 Å². The number of phenols is 1. The summed E-state index contributed by atoms with van der Waals surface area (Å²) >= 11 is 0. The number of carbonyl (C=O) groups excluding carboxylic acids is 1. The number of rotatable bonds is 4. The number of amides is 1. The topological polar surface area (TPSA) is 52.6 Å². The van der Waals surface area contributed by atoms with Gasteiger partial charge in [0.25, 0.3) is 5.91 Å². The van der Waals surface area contributed by atoms with Gasteiger partial charge in [0.15, 0.2) is 17.4 Å². The molecule has 0 atom stereocenters. The van der Waals surface area contributed by atoms with Gasteiger partial charge in [0.1, 0.15) is 0 Å². The summed E-state index contributed by atoms with van der Waals surface area (Å²) < 4.78 is 39.9. The van der Waals surface area contributed by atoms with Crippen molar-refractivity contribution in [3.05, 3.63) is 58.9 Å². The Morgan fingerprint density at radius 2 is 1.87 bits per heavy atom. The second-order valence-corrected chi connectivity index (χ2v) is 5.13. The number of halogens is 3. The zero-order chi connectivity index (χ0) is 17.1. The van der Waals surface area contributed by atoms with E-state index in [1.807, 2.05) is 31.1 Å². The van der Waals surface area contributed by atoms with Crippen LogP contribution >= 0.6 is 0 Å². The van der Waals surface area contributed by atoms with Crippen molar-refractivity contribution in [2.45, 2.75) is 6.54 Å². The van der Waals surface area contributed by atoms with Gasteiger partial charge in [0.05, 0.1) is 5.56 Å². The zero-order valence-corrected chi connectivity index (χ0v) is 12.5. The van der Waals surface area contributed by atoms with Gasteiger partial charge < -0.3 is 15.3 Å². The summed E-state index contributed by atoms with van der Waals surface area (Å²) in [6, 6.07) is 7.65. The van der Waals surface area contributed by atoms with Gasteiger partial charge in [-0.3, -0.25) is 4.79 Å². The van der Waals surface area contributed by atoms with Crippen LogP contribution < -0.4 is 10.2 Å². The molecule has 0 saturated heterocycles. The Kier molecular flexibility index (Phi) is 4.78. The van der Waals surface area contributed by atoms with Crippen molar-refractivity contribution in [1.29, 1.82) is 0 Å². The van der Waals surface area contributed by atoms with E-state index >= 15 is 0 Å². The molecule has 0 heterocycles. The molecule has 0 bridgehead atoms. The van der Waals surface area contributed by atoms with Gasteiger partial charge in [-0.2, -0.15) is 4.39 Å². The van der Waals surface area contributed by atoms with Gasteiger partial charge in [-0.1, -0.05) is 12.1 Å². The summed E-state index contributed by atoms with van der Waals surface area (Å²) in [5, 5.41) is 11.5. The minimum absolute atomic E-state index is 0.0692. The molecule has 23 heavy (non-hydrogen) atoms. The fourth-order valence-electron chi connectivity index (χ4n) is 1.98. The number of hydrogen-bond donors (Lipinski definition) is 2. The van der Waals surface area contributed by atoms with Crippen molar-refractivity contribution < 1.29 is 23.1 Å². The molecule has 0 radical (unpaired) electrons. The van der Waals surface area contributed by atoms with Crippen molar-refractivity contribution in [3.63, 3.8) is 0 Å². The van der Waals surface area contributed by atoms with Crippen LogP contribution in [0.1, 0.15) is 15.9 Å². The number of anilines is 1. The monoisotopic (exact) mass is 324 g/mol. The van der Waals surface area contributed by atoms with E-state index < -0.39 is 34.7 Å². The van der Waals surface area contributed by atoms with Gasteiger partial charge >= 0.3 is 0 Å². The molecule has 0 aliphatic carbocycles. The van der Waals surface area contributed by atoms with Crippen LogP contribution in [0.5, 0.6) is 5.75 Å². The third-order valence-corrected chi connectivity index (χ3v) is 3.26. The van der Waals surface area contributed by atoms with Crippen LogP contribution in [0.3, 0.4) is 0 Å². The van der Waals surface area contributed by atoms with E-state index in [1.165, 1.54) is 0 Å². The number of phenolic OH excluding ortho intramolecular Hbond substituents is 1. The molecule has 0 aromatic heterocycles. The molecular weight excluding hydrogens is 309 g/mol. The first-order chi connectivity index (χ1) is 10.8. The van der Waals surface area contributed by atoms with Crippen molar-refractivity contribution in [2.75, 3.05) is 19.0 Å². The van der Waals surface area contributed by atoms with Crippen LogP contribution in [0, 0.1) is 17.5 Å². The highest BCUT2D eigenvalue weighted by Gasteiger charge is 2.22. The Bertz CT molecular complexity index is 748. The van der Waals surface area contributed by atoms with Gasteiger partial charge in [-0.15, -0.1) is 0 Å². The molecule has 1 amide bonds. The SMILES string of the molecule is CN(C)c1cccc(CNC(=O)c2cc(F)c(F)c(O)c2F)c1. The Hall–Kier alpha value is -2.70. The van der Waals surface area contributed by atoms with Gasteiger partial charge in [-0.25, -0.2) is 8.78 Å².